The lowest BCUT2D eigenvalue weighted by atomic mass is 9.86. The van der Waals surface area contributed by atoms with Crippen molar-refractivity contribution in [3.63, 3.8) is 0 Å². The molecule has 1 aromatic heterocycles. The van der Waals surface area contributed by atoms with Crippen molar-refractivity contribution in [1.29, 1.82) is 0 Å². The van der Waals surface area contributed by atoms with Crippen molar-refractivity contribution in [2.45, 2.75) is 104 Å². The SMILES string of the molecule is Cc1ccccc1C(C(=O)N1CCC(C(=O)c2ccc(F)cc2)CC1)n1cnc(C(C)C(C)C(=O)[C@@H](COCc2ccccc2)NC(=O)C(C)(C)NC(=O)OC(C)(C)C)c1. The van der Waals surface area contributed by atoms with Crippen LogP contribution >= 0.6 is 0 Å². The maximum absolute atomic E-state index is 14.5. The van der Waals surface area contributed by atoms with E-state index in [-0.39, 0.29) is 36.6 Å². The van der Waals surface area contributed by atoms with Crippen molar-refractivity contribution in [2.75, 3.05) is 19.7 Å². The van der Waals surface area contributed by atoms with E-state index in [4.69, 9.17) is 14.5 Å². The number of piperidine rings is 1. The van der Waals surface area contributed by atoms with Gasteiger partial charge in [0.15, 0.2) is 11.6 Å². The summed E-state index contributed by atoms with van der Waals surface area (Å²) in [6.07, 6.45) is 3.59. The van der Waals surface area contributed by atoms with Gasteiger partial charge in [-0.1, -0.05) is 68.4 Å². The fourth-order valence-electron chi connectivity index (χ4n) is 7.27. The number of nitrogens with zero attached hydrogens (tertiary/aromatic N) is 3. The first-order chi connectivity index (χ1) is 28.3. The third-order valence-electron chi connectivity index (χ3n) is 11.0. The van der Waals surface area contributed by atoms with Crippen LogP contribution in [-0.4, -0.2) is 80.8 Å². The Morgan fingerprint density at radius 3 is 2.15 bits per heavy atom. The second-order valence-electron chi connectivity index (χ2n) is 17.2. The second kappa shape index (κ2) is 19.6. The van der Waals surface area contributed by atoms with Crippen LogP contribution in [0, 0.1) is 24.6 Å². The smallest absolute Gasteiger partial charge is 0.408 e. The van der Waals surface area contributed by atoms with Gasteiger partial charge >= 0.3 is 6.09 Å². The third kappa shape index (κ3) is 11.7. The van der Waals surface area contributed by atoms with Gasteiger partial charge in [0.25, 0.3) is 0 Å². The standard InChI is InChI=1S/C47H58FN5O7/c1-30-14-12-13-17-37(30)40(43(56)52-24-22-35(23-25-52)42(55)34-18-20-36(48)21-19-34)53-26-38(49-29-53)31(2)32(3)41(54)39(28-59-27-33-15-10-9-11-16-33)50-44(57)47(7,8)51-45(58)60-46(4,5)6/h9-21,26,29,31-32,35,39-40H,22-25,27-28H2,1-8H3,(H,50,57)(H,51,58)/t31?,32?,39-,40?/m1/s1. The molecule has 0 spiro atoms. The molecule has 320 valence electrons. The molecule has 5 rings (SSSR count). The van der Waals surface area contributed by atoms with Crippen molar-refractivity contribution in [1.82, 2.24) is 25.1 Å². The van der Waals surface area contributed by atoms with Gasteiger partial charge in [-0.3, -0.25) is 19.2 Å². The number of nitrogens with one attached hydrogen (secondary N) is 2. The van der Waals surface area contributed by atoms with E-state index in [1.807, 2.05) is 68.4 Å². The van der Waals surface area contributed by atoms with Crippen LogP contribution in [0.25, 0.3) is 0 Å². The van der Waals surface area contributed by atoms with Gasteiger partial charge in [0.1, 0.15) is 29.0 Å². The molecular formula is C47H58FN5O7. The van der Waals surface area contributed by atoms with Crippen molar-refractivity contribution in [3.05, 3.63) is 125 Å². The lowest BCUT2D eigenvalue weighted by Gasteiger charge is -2.34. The van der Waals surface area contributed by atoms with E-state index in [9.17, 15) is 28.4 Å². The van der Waals surface area contributed by atoms with Gasteiger partial charge in [0.2, 0.25) is 11.8 Å². The second-order valence-corrected chi connectivity index (χ2v) is 17.2. The number of rotatable bonds is 16. The zero-order valence-electron chi connectivity index (χ0n) is 35.9. The number of likely N-dealkylation sites (tertiary alicyclic amines) is 1. The number of ketones is 2. The van der Waals surface area contributed by atoms with Crippen LogP contribution in [0.1, 0.15) is 106 Å². The third-order valence-corrected chi connectivity index (χ3v) is 11.0. The zero-order valence-corrected chi connectivity index (χ0v) is 35.9. The molecule has 12 nitrogen and oxygen atoms in total. The summed E-state index contributed by atoms with van der Waals surface area (Å²) in [6, 6.07) is 20.9. The summed E-state index contributed by atoms with van der Waals surface area (Å²) in [5.74, 6) is -2.87. The number of ether oxygens (including phenoxy) is 2. The summed E-state index contributed by atoms with van der Waals surface area (Å²) < 4.78 is 26.6. The Bertz CT molecular complexity index is 2120. The molecule has 0 radical (unpaired) electrons. The number of carbonyl (C=O) groups is 5. The van der Waals surface area contributed by atoms with Crippen LogP contribution in [0.4, 0.5) is 9.18 Å². The highest BCUT2D eigenvalue weighted by Gasteiger charge is 2.38. The van der Waals surface area contributed by atoms with Gasteiger partial charge in [0.05, 0.1) is 25.2 Å². The Labute approximate surface area is 352 Å². The van der Waals surface area contributed by atoms with E-state index >= 15 is 0 Å². The zero-order chi connectivity index (χ0) is 43.8. The molecule has 3 unspecified atom stereocenters. The molecule has 4 aromatic rings. The lowest BCUT2D eigenvalue weighted by molar-refractivity contribution is -0.135. The number of aryl methyl sites for hydroxylation is 1. The Balaban J connectivity index is 1.33. The quantitative estimate of drug-likeness (QED) is 0.112. The summed E-state index contributed by atoms with van der Waals surface area (Å²) in [6.45, 7) is 14.7. The number of amides is 3. The molecule has 2 N–H and O–H groups in total. The molecule has 3 amide bonds. The van der Waals surface area contributed by atoms with Crippen molar-refractivity contribution < 1.29 is 37.8 Å². The minimum atomic E-state index is -1.43. The summed E-state index contributed by atoms with van der Waals surface area (Å²) in [5.41, 5.74) is 1.44. The lowest BCUT2D eigenvalue weighted by Crippen LogP contribution is -2.59. The largest absolute Gasteiger partial charge is 0.444 e. The molecule has 1 saturated heterocycles. The monoisotopic (exact) mass is 823 g/mol. The number of carbonyl (C=O) groups excluding carboxylic acids is 5. The van der Waals surface area contributed by atoms with Gasteiger partial charge in [-0.05, 0) is 95.3 Å². The van der Waals surface area contributed by atoms with Gasteiger partial charge in [-0.25, -0.2) is 14.2 Å². The number of imidazole rings is 1. The van der Waals surface area contributed by atoms with Crippen LogP contribution in [0.3, 0.4) is 0 Å². The Kier molecular flexibility index (Phi) is 14.8. The number of halogens is 1. The molecule has 60 heavy (non-hydrogen) atoms. The average molecular weight is 824 g/mol. The van der Waals surface area contributed by atoms with Gasteiger partial charge in [0, 0.05) is 42.6 Å². The summed E-state index contributed by atoms with van der Waals surface area (Å²) >= 11 is 0. The van der Waals surface area contributed by atoms with Crippen molar-refractivity contribution in [2.24, 2.45) is 11.8 Å². The van der Waals surface area contributed by atoms with Crippen LogP contribution in [0.2, 0.25) is 0 Å². The Hall–Kier alpha value is -5.69. The number of alkyl carbamates (subject to hydrolysis) is 1. The normalized spacial score (nSPS) is 15.7. The number of hydrogen-bond acceptors (Lipinski definition) is 8. The van der Waals surface area contributed by atoms with Gasteiger partial charge < -0.3 is 29.6 Å². The highest BCUT2D eigenvalue weighted by molar-refractivity contribution is 5.98. The molecule has 0 bridgehead atoms. The minimum Gasteiger partial charge on any atom is -0.444 e. The summed E-state index contributed by atoms with van der Waals surface area (Å²) in [4.78, 5) is 74.8. The molecule has 13 heteroatoms. The Morgan fingerprint density at radius 1 is 0.883 bits per heavy atom. The molecule has 1 aliphatic rings. The number of Topliss-reactive ketones (excluding diaryl/α,β-unsaturated/α-hetero) is 2. The fourth-order valence-corrected chi connectivity index (χ4v) is 7.27. The van der Waals surface area contributed by atoms with Gasteiger partial charge in [-0.2, -0.15) is 0 Å². The van der Waals surface area contributed by atoms with E-state index in [2.05, 4.69) is 10.6 Å². The maximum atomic E-state index is 14.5. The van der Waals surface area contributed by atoms with Gasteiger partial charge in [-0.15, -0.1) is 0 Å². The topological polar surface area (TPSA) is 149 Å². The predicted molar refractivity (Wildman–Crippen MR) is 226 cm³/mol. The molecule has 1 fully saturated rings. The number of benzene rings is 3. The highest BCUT2D eigenvalue weighted by atomic mass is 19.1. The van der Waals surface area contributed by atoms with Crippen LogP contribution < -0.4 is 10.6 Å². The first kappa shape index (κ1) is 45.4. The fraction of sp³-hybridized carbons (Fsp3) is 0.447. The first-order valence-corrected chi connectivity index (χ1v) is 20.5. The molecule has 3 aromatic carbocycles. The molecule has 4 atom stereocenters. The Morgan fingerprint density at radius 2 is 1.52 bits per heavy atom. The van der Waals surface area contributed by atoms with Crippen LogP contribution in [-0.2, 0) is 30.5 Å². The molecule has 1 aliphatic heterocycles. The molecular weight excluding hydrogens is 766 g/mol. The first-order valence-electron chi connectivity index (χ1n) is 20.5. The van der Waals surface area contributed by atoms with E-state index in [1.165, 1.54) is 38.1 Å². The average Bonchev–Trinajstić information content (AvgIpc) is 3.69. The summed E-state index contributed by atoms with van der Waals surface area (Å²) in [7, 11) is 0. The van der Waals surface area contributed by atoms with Crippen LogP contribution in [0.5, 0.6) is 0 Å². The predicted octanol–water partition coefficient (Wildman–Crippen LogP) is 7.36. The summed E-state index contributed by atoms with van der Waals surface area (Å²) in [5, 5.41) is 5.43. The van der Waals surface area contributed by atoms with Crippen molar-refractivity contribution in [3.8, 4) is 0 Å². The van der Waals surface area contributed by atoms with Crippen molar-refractivity contribution >= 4 is 29.5 Å². The maximum Gasteiger partial charge on any atom is 0.408 e. The molecule has 0 aliphatic carbocycles. The number of aromatic nitrogens is 2. The van der Waals surface area contributed by atoms with E-state index in [0.717, 1.165) is 16.7 Å². The molecule has 0 saturated carbocycles. The highest BCUT2D eigenvalue weighted by Crippen LogP contribution is 2.31. The van der Waals surface area contributed by atoms with E-state index < -0.39 is 52.9 Å². The van der Waals surface area contributed by atoms with Crippen LogP contribution in [0.15, 0.2) is 91.4 Å². The minimum absolute atomic E-state index is 0.0554. The number of hydrogen-bond donors (Lipinski definition) is 2. The van der Waals surface area contributed by atoms with E-state index in [1.54, 1.807) is 49.7 Å². The van der Waals surface area contributed by atoms with E-state index in [0.29, 0.717) is 37.2 Å². The molecule has 2 heterocycles.